The van der Waals surface area contributed by atoms with Crippen molar-refractivity contribution in [3.63, 3.8) is 0 Å². The zero-order valence-corrected chi connectivity index (χ0v) is 13.1. The summed E-state index contributed by atoms with van der Waals surface area (Å²) in [4.78, 5) is 22.2. The Balaban J connectivity index is 2.62. The number of nitrogens with two attached hydrogens (primary N) is 1. The molecule has 0 unspecified atom stereocenters. The Morgan fingerprint density at radius 2 is 2.35 bits per heavy atom. The fraction of sp³-hybridized carbons (Fsp3) is 0.286. The van der Waals surface area contributed by atoms with Crippen molar-refractivity contribution in [1.29, 1.82) is 0 Å². The summed E-state index contributed by atoms with van der Waals surface area (Å²) in [7, 11) is 0. The maximum absolute atomic E-state index is 11.5. The van der Waals surface area contributed by atoms with Gasteiger partial charge >= 0.3 is 5.69 Å². The average Bonchev–Trinajstić information content (AvgIpc) is 2.51. The van der Waals surface area contributed by atoms with E-state index in [0.717, 1.165) is 6.07 Å². The third-order valence-corrected chi connectivity index (χ3v) is 3.58. The van der Waals surface area contributed by atoms with Gasteiger partial charge in [0.15, 0.2) is 0 Å². The molecular formula is C14H15ClN4O4. The summed E-state index contributed by atoms with van der Waals surface area (Å²) in [5, 5.41) is 15.3. The quantitative estimate of drug-likeness (QED) is 0.608. The number of hydrazone groups is 1. The minimum atomic E-state index is -0.829. The number of allylic oxidation sites excluding steroid dienone is 1. The highest BCUT2D eigenvalue weighted by atomic mass is 35.5. The molecule has 0 bridgehead atoms. The number of amides is 1. The van der Waals surface area contributed by atoms with Gasteiger partial charge in [-0.15, -0.1) is 0 Å². The molecule has 0 aliphatic carbocycles. The summed E-state index contributed by atoms with van der Waals surface area (Å²) in [5.74, 6) is -0.469. The standard InChI is InChI=1S/C14H15ClN4O4/c1-2-3-9-12(15)10(14(16)20)6-11(19(21)22)13(9)23-8-4-5-17-18-7-8/h4,6-7,17H,2-3,5H2,1H3,(H2,16,20). The van der Waals surface area contributed by atoms with Crippen LogP contribution < -0.4 is 15.9 Å². The molecule has 1 heterocycles. The number of ether oxygens (including phenoxy) is 1. The molecule has 0 radical (unpaired) electrons. The minimum Gasteiger partial charge on any atom is -0.448 e. The lowest BCUT2D eigenvalue weighted by Crippen LogP contribution is -2.16. The molecular weight excluding hydrogens is 324 g/mol. The van der Waals surface area contributed by atoms with Crippen molar-refractivity contribution < 1.29 is 14.5 Å². The molecule has 0 atom stereocenters. The second-order valence-electron chi connectivity index (χ2n) is 4.77. The molecule has 8 nitrogen and oxygen atoms in total. The maximum Gasteiger partial charge on any atom is 0.312 e. The Hall–Kier alpha value is -2.61. The molecule has 0 saturated carbocycles. The lowest BCUT2D eigenvalue weighted by Gasteiger charge is -2.16. The molecule has 3 N–H and O–H groups in total. The van der Waals surface area contributed by atoms with Gasteiger partial charge in [0.05, 0.1) is 28.3 Å². The average molecular weight is 339 g/mol. The van der Waals surface area contributed by atoms with Crippen molar-refractivity contribution >= 4 is 29.4 Å². The number of primary amides is 1. The normalized spacial score (nSPS) is 13.2. The zero-order chi connectivity index (χ0) is 17.0. The Labute approximate surface area is 137 Å². The van der Waals surface area contributed by atoms with E-state index in [1.54, 1.807) is 6.08 Å². The van der Waals surface area contributed by atoms with Crippen molar-refractivity contribution in [2.24, 2.45) is 10.8 Å². The first-order valence-corrected chi connectivity index (χ1v) is 7.27. The van der Waals surface area contributed by atoms with Crippen LogP contribution in [-0.2, 0) is 6.42 Å². The molecule has 0 saturated heterocycles. The molecule has 1 aromatic rings. The zero-order valence-electron chi connectivity index (χ0n) is 12.3. The fourth-order valence-electron chi connectivity index (χ4n) is 2.13. The molecule has 9 heteroatoms. The fourth-order valence-corrected chi connectivity index (χ4v) is 2.46. The molecule has 0 fully saturated rings. The predicted molar refractivity (Wildman–Crippen MR) is 85.8 cm³/mol. The topological polar surface area (TPSA) is 120 Å². The summed E-state index contributed by atoms with van der Waals surface area (Å²) in [5.41, 5.74) is 7.88. The monoisotopic (exact) mass is 338 g/mol. The largest absolute Gasteiger partial charge is 0.448 e. The van der Waals surface area contributed by atoms with Crippen LogP contribution in [0.4, 0.5) is 5.69 Å². The second-order valence-corrected chi connectivity index (χ2v) is 5.14. The Morgan fingerprint density at radius 3 is 2.87 bits per heavy atom. The van der Waals surface area contributed by atoms with Crippen LogP contribution in [0.3, 0.4) is 0 Å². The van der Waals surface area contributed by atoms with Crippen LogP contribution in [0, 0.1) is 10.1 Å². The molecule has 0 aromatic heterocycles. The SMILES string of the molecule is CCCc1c(Cl)c(C(N)=O)cc([N+](=O)[O-])c1OC1=CCNN=C1. The van der Waals surface area contributed by atoms with Gasteiger partial charge in [-0.05, 0) is 12.5 Å². The van der Waals surface area contributed by atoms with Gasteiger partial charge < -0.3 is 15.9 Å². The first-order valence-electron chi connectivity index (χ1n) is 6.89. The number of nitrogens with one attached hydrogen (secondary N) is 1. The number of nitrogens with zero attached hydrogens (tertiary/aromatic N) is 2. The molecule has 23 heavy (non-hydrogen) atoms. The number of nitro benzene ring substituents is 1. The molecule has 1 aliphatic heterocycles. The predicted octanol–water partition coefficient (Wildman–Crippen LogP) is 2.15. The number of hydrogen-bond donors (Lipinski definition) is 2. The van der Waals surface area contributed by atoms with E-state index >= 15 is 0 Å². The van der Waals surface area contributed by atoms with Crippen molar-refractivity contribution in [3.05, 3.63) is 44.2 Å². The lowest BCUT2D eigenvalue weighted by molar-refractivity contribution is -0.385. The van der Waals surface area contributed by atoms with E-state index in [4.69, 9.17) is 22.1 Å². The highest BCUT2D eigenvalue weighted by Crippen LogP contribution is 2.40. The van der Waals surface area contributed by atoms with Crippen LogP contribution in [0.5, 0.6) is 5.75 Å². The van der Waals surface area contributed by atoms with E-state index in [2.05, 4.69) is 10.5 Å². The van der Waals surface area contributed by atoms with Crippen molar-refractivity contribution in [2.75, 3.05) is 6.54 Å². The highest BCUT2D eigenvalue weighted by molar-refractivity contribution is 6.35. The summed E-state index contributed by atoms with van der Waals surface area (Å²) in [6, 6.07) is 1.04. The first-order chi connectivity index (χ1) is 11.0. The molecule has 122 valence electrons. The molecule has 2 rings (SSSR count). The lowest BCUT2D eigenvalue weighted by atomic mass is 10.0. The van der Waals surface area contributed by atoms with E-state index in [9.17, 15) is 14.9 Å². The van der Waals surface area contributed by atoms with Crippen molar-refractivity contribution in [1.82, 2.24) is 5.43 Å². The number of hydrogen-bond acceptors (Lipinski definition) is 6. The van der Waals surface area contributed by atoms with Crippen molar-refractivity contribution in [2.45, 2.75) is 19.8 Å². The van der Waals surface area contributed by atoms with Gasteiger partial charge in [0.1, 0.15) is 5.76 Å². The summed E-state index contributed by atoms with van der Waals surface area (Å²) >= 11 is 6.21. The molecule has 1 aliphatic rings. The van der Waals surface area contributed by atoms with E-state index < -0.39 is 10.8 Å². The Kier molecular flexibility index (Phi) is 5.17. The maximum atomic E-state index is 11.5. The Bertz CT molecular complexity index is 715. The number of benzene rings is 1. The van der Waals surface area contributed by atoms with E-state index in [-0.39, 0.29) is 22.0 Å². The van der Waals surface area contributed by atoms with Crippen LogP contribution in [-0.4, -0.2) is 23.6 Å². The second kappa shape index (κ2) is 7.10. The van der Waals surface area contributed by atoms with Crippen LogP contribution in [0.25, 0.3) is 0 Å². The summed E-state index contributed by atoms with van der Waals surface area (Å²) in [6.07, 6.45) is 4.14. The first kappa shape index (κ1) is 16.8. The highest BCUT2D eigenvalue weighted by Gasteiger charge is 2.27. The Morgan fingerprint density at radius 1 is 1.61 bits per heavy atom. The van der Waals surface area contributed by atoms with Gasteiger partial charge in [0.2, 0.25) is 11.7 Å². The van der Waals surface area contributed by atoms with E-state index in [0.29, 0.717) is 30.7 Å². The van der Waals surface area contributed by atoms with E-state index in [1.807, 2.05) is 6.92 Å². The van der Waals surface area contributed by atoms with Gasteiger partial charge in [-0.3, -0.25) is 14.9 Å². The van der Waals surface area contributed by atoms with Crippen LogP contribution in [0.15, 0.2) is 23.0 Å². The molecule has 1 amide bonds. The minimum absolute atomic E-state index is 0.00597. The number of halogens is 1. The number of nitro groups is 1. The molecule has 0 spiro atoms. The van der Waals surface area contributed by atoms with Gasteiger partial charge in [0, 0.05) is 11.6 Å². The van der Waals surface area contributed by atoms with Gasteiger partial charge in [-0.1, -0.05) is 24.9 Å². The number of rotatable bonds is 6. The number of carbonyl (C=O) groups is 1. The summed E-state index contributed by atoms with van der Waals surface area (Å²) in [6.45, 7) is 2.32. The summed E-state index contributed by atoms with van der Waals surface area (Å²) < 4.78 is 5.64. The van der Waals surface area contributed by atoms with E-state index in [1.165, 1.54) is 6.21 Å². The van der Waals surface area contributed by atoms with Gasteiger partial charge in [0.25, 0.3) is 0 Å². The van der Waals surface area contributed by atoms with Gasteiger partial charge in [-0.2, -0.15) is 5.10 Å². The third kappa shape index (κ3) is 3.59. The van der Waals surface area contributed by atoms with Gasteiger partial charge in [-0.25, -0.2) is 0 Å². The van der Waals surface area contributed by atoms with Crippen LogP contribution in [0.2, 0.25) is 5.02 Å². The van der Waals surface area contributed by atoms with Crippen molar-refractivity contribution in [3.8, 4) is 5.75 Å². The molecule has 1 aromatic carbocycles. The smallest absolute Gasteiger partial charge is 0.312 e. The number of carbonyl (C=O) groups excluding carboxylic acids is 1. The van der Waals surface area contributed by atoms with Crippen LogP contribution >= 0.6 is 11.6 Å². The van der Waals surface area contributed by atoms with Crippen LogP contribution in [0.1, 0.15) is 29.3 Å². The third-order valence-electron chi connectivity index (χ3n) is 3.15.